The molecular weight excluding hydrogens is 689 g/mol. The van der Waals surface area contributed by atoms with Gasteiger partial charge >= 0.3 is 13.6 Å². The summed E-state index contributed by atoms with van der Waals surface area (Å²) in [6, 6.07) is 8.36. The van der Waals surface area contributed by atoms with Crippen LogP contribution in [0.5, 0.6) is 0 Å². The molecule has 0 unspecified atom stereocenters. The number of hydrogen-bond acceptors (Lipinski definition) is 11. The van der Waals surface area contributed by atoms with Crippen molar-refractivity contribution >= 4 is 58.6 Å². The summed E-state index contributed by atoms with van der Waals surface area (Å²) >= 11 is 3.51. The number of carbonyl (C=O) groups excluding carboxylic acids is 2. The summed E-state index contributed by atoms with van der Waals surface area (Å²) in [6.07, 6.45) is -1.19. The van der Waals surface area contributed by atoms with Crippen molar-refractivity contribution in [2.24, 2.45) is 0 Å². The molecule has 246 valence electrons. The van der Waals surface area contributed by atoms with Crippen LogP contribution in [0.2, 0.25) is 19.6 Å². The molecule has 0 aliphatic carbocycles. The highest BCUT2D eigenvalue weighted by Gasteiger charge is 2.48. The number of H-pyrrole nitrogens is 1. The minimum Gasteiger partial charge on any atom is -0.453 e. The fourth-order valence-corrected chi connectivity index (χ4v) is 5.55. The van der Waals surface area contributed by atoms with Gasteiger partial charge in [-0.25, -0.2) is 9.78 Å². The van der Waals surface area contributed by atoms with E-state index in [1.54, 1.807) is 44.2 Å². The third kappa shape index (κ3) is 10.3. The molecule has 2 aromatic heterocycles. The third-order valence-electron chi connectivity index (χ3n) is 5.83. The molecule has 17 heteroatoms. The Bertz CT molecular complexity index is 1580. The first kappa shape index (κ1) is 36.5. The number of carbonyl (C=O) groups is 2. The summed E-state index contributed by atoms with van der Waals surface area (Å²) in [7, 11) is -2.22. The summed E-state index contributed by atoms with van der Waals surface area (Å²) < 4.78 is 43.0. The molecule has 0 bridgehead atoms. The van der Waals surface area contributed by atoms with Gasteiger partial charge in [-0.1, -0.05) is 37.8 Å². The van der Waals surface area contributed by atoms with Gasteiger partial charge in [0.25, 0.3) is 5.56 Å². The number of rotatable bonds is 11. The normalized spacial score (nSPS) is 20.2. The van der Waals surface area contributed by atoms with Crippen molar-refractivity contribution in [3.05, 3.63) is 64.5 Å². The number of imidazole rings is 1. The van der Waals surface area contributed by atoms with Crippen LogP contribution in [0.3, 0.4) is 0 Å². The highest BCUT2D eigenvalue weighted by Crippen LogP contribution is 2.50. The molecule has 1 aromatic carbocycles. The maximum absolute atomic E-state index is 13.1. The Labute approximate surface area is 270 Å². The van der Waals surface area contributed by atoms with Crippen LogP contribution < -0.4 is 10.9 Å². The maximum atomic E-state index is 13.1. The van der Waals surface area contributed by atoms with Crippen LogP contribution in [0, 0.1) is 0 Å². The summed E-state index contributed by atoms with van der Waals surface area (Å²) in [4.78, 5) is 48.1. The number of ether oxygens (including phenoxy) is 3. The number of nitrogens with one attached hydrogen (secondary N) is 2. The number of aromatic amines is 1. The van der Waals surface area contributed by atoms with Crippen molar-refractivity contribution in [3.8, 4) is 0 Å². The zero-order valence-corrected chi connectivity index (χ0v) is 29.7. The number of anilines is 1. The van der Waals surface area contributed by atoms with E-state index in [2.05, 4.69) is 55.2 Å². The lowest BCUT2D eigenvalue weighted by Crippen LogP contribution is -2.37. The van der Waals surface area contributed by atoms with Crippen LogP contribution in [0.15, 0.2) is 53.3 Å². The van der Waals surface area contributed by atoms with Crippen molar-refractivity contribution in [1.82, 2.24) is 19.5 Å². The van der Waals surface area contributed by atoms with Crippen molar-refractivity contribution < 1.29 is 37.4 Å². The van der Waals surface area contributed by atoms with Gasteiger partial charge < -0.3 is 23.3 Å². The number of esters is 1. The Kier molecular flexibility index (Phi) is 13.0. The quantitative estimate of drug-likeness (QED) is 0.115. The summed E-state index contributed by atoms with van der Waals surface area (Å²) in [6.45, 7) is 10.8. The van der Waals surface area contributed by atoms with Gasteiger partial charge in [-0.05, 0) is 32.1 Å². The SMILES string of the molecule is CCOP(=O)(/C=C/[C@H]1O[C@@H](n2cnc3c(=O)[nH]c(NC(C)=O)nc32)[C@H](OC)[C@@H]1OC(=O)c1ccccc1)OCC.C[Si](C)(C)Br. The van der Waals surface area contributed by atoms with Crippen LogP contribution in [0.25, 0.3) is 11.2 Å². The van der Waals surface area contributed by atoms with E-state index in [4.69, 9.17) is 23.3 Å². The topological polar surface area (TPSA) is 173 Å². The van der Waals surface area contributed by atoms with Gasteiger partial charge in [-0.3, -0.25) is 29.0 Å². The number of fused-ring (bicyclic) bond motifs is 1. The van der Waals surface area contributed by atoms with E-state index in [1.165, 1.54) is 36.8 Å². The monoisotopic (exact) mass is 727 g/mol. The molecular formula is C28H39BrN5O9PSi. The average molecular weight is 729 g/mol. The second-order valence-corrected chi connectivity index (χ2v) is 23.8. The largest absolute Gasteiger partial charge is 0.453 e. The minimum absolute atomic E-state index is 0.0124. The van der Waals surface area contributed by atoms with Gasteiger partial charge in [0.05, 0.1) is 25.1 Å². The van der Waals surface area contributed by atoms with Gasteiger partial charge in [-0.15, -0.1) is 15.3 Å². The van der Waals surface area contributed by atoms with Crippen LogP contribution in [-0.4, -0.2) is 76.7 Å². The van der Waals surface area contributed by atoms with Crippen LogP contribution in [0.1, 0.15) is 37.4 Å². The molecule has 1 fully saturated rings. The molecule has 3 heterocycles. The second-order valence-electron chi connectivity index (χ2n) is 10.6. The van der Waals surface area contributed by atoms with Crippen molar-refractivity contribution in [2.45, 2.75) is 65.0 Å². The predicted molar refractivity (Wildman–Crippen MR) is 175 cm³/mol. The molecule has 0 radical (unpaired) electrons. The van der Waals surface area contributed by atoms with E-state index in [0.717, 1.165) is 0 Å². The molecule has 14 nitrogen and oxygen atoms in total. The number of nitrogens with zero attached hydrogens (tertiary/aromatic N) is 3. The van der Waals surface area contributed by atoms with Crippen LogP contribution in [-0.2, 0) is 32.6 Å². The van der Waals surface area contributed by atoms with Gasteiger partial charge in [0.15, 0.2) is 23.5 Å². The average Bonchev–Trinajstić information content (AvgIpc) is 3.52. The second kappa shape index (κ2) is 16.0. The molecule has 3 aromatic rings. The third-order valence-corrected chi connectivity index (χ3v) is 7.60. The molecule has 1 aliphatic rings. The lowest BCUT2D eigenvalue weighted by Gasteiger charge is -2.23. The summed E-state index contributed by atoms with van der Waals surface area (Å²) in [5, 5.41) is 2.44. The molecule has 1 saturated heterocycles. The number of benzene rings is 1. The Morgan fingerprint density at radius 1 is 1.16 bits per heavy atom. The highest BCUT2D eigenvalue weighted by atomic mass is 79.9. The van der Waals surface area contributed by atoms with Gasteiger partial charge in [0, 0.05) is 19.9 Å². The summed E-state index contributed by atoms with van der Waals surface area (Å²) in [5.41, 5.74) is -0.204. The lowest BCUT2D eigenvalue weighted by atomic mass is 10.1. The van der Waals surface area contributed by atoms with Crippen molar-refractivity contribution in [3.63, 3.8) is 0 Å². The fraction of sp³-hybridized carbons (Fsp3) is 0.464. The van der Waals surface area contributed by atoms with Crippen LogP contribution >= 0.6 is 22.9 Å². The Morgan fingerprint density at radius 2 is 1.78 bits per heavy atom. The number of methoxy groups -OCH3 is 1. The predicted octanol–water partition coefficient (Wildman–Crippen LogP) is 5.21. The Balaban J connectivity index is 0.00000102. The van der Waals surface area contributed by atoms with E-state index in [-0.39, 0.29) is 30.3 Å². The molecule has 2 N–H and O–H groups in total. The van der Waals surface area contributed by atoms with Crippen molar-refractivity contribution in [1.29, 1.82) is 0 Å². The molecule has 45 heavy (non-hydrogen) atoms. The number of amides is 1. The first-order valence-electron chi connectivity index (χ1n) is 14.2. The first-order valence-corrected chi connectivity index (χ1v) is 21.5. The number of aromatic nitrogens is 4. The highest BCUT2D eigenvalue weighted by molar-refractivity contribution is 9.26. The van der Waals surface area contributed by atoms with Gasteiger partial charge in [0.2, 0.25) is 11.9 Å². The molecule has 4 atom stereocenters. The standard InChI is InChI=1S/C25H30N5O9P.C3H9BrSi/c1-5-36-40(34,37-6-2)13-12-17-19(39-24(33)16-10-8-7-9-11-16)20(35-4)23(38-17)30-14-26-18-21(30)28-25(27-15(3)31)29-22(18)32;1-5(2,3)4/h7-14,17,19-20,23H,5-6H2,1-4H3,(H2,27,28,29,31,32);1-3H3/b13-12+;/t17-,19-,20-,23-;/m1./s1. The summed E-state index contributed by atoms with van der Waals surface area (Å²) in [5.74, 6) is 0.0988. The zero-order valence-electron chi connectivity index (χ0n) is 26.2. The molecule has 1 amide bonds. The van der Waals surface area contributed by atoms with E-state index in [0.29, 0.717) is 5.56 Å². The maximum Gasteiger partial charge on any atom is 0.353 e. The lowest BCUT2D eigenvalue weighted by molar-refractivity contribution is -0.114. The smallest absolute Gasteiger partial charge is 0.353 e. The number of hydrogen-bond donors (Lipinski definition) is 2. The van der Waals surface area contributed by atoms with Crippen molar-refractivity contribution in [2.75, 3.05) is 25.6 Å². The van der Waals surface area contributed by atoms with E-state index in [9.17, 15) is 18.9 Å². The van der Waals surface area contributed by atoms with E-state index >= 15 is 0 Å². The van der Waals surface area contributed by atoms with Gasteiger partial charge in [0.1, 0.15) is 18.9 Å². The molecule has 1 aliphatic heterocycles. The van der Waals surface area contributed by atoms with Gasteiger partial charge in [-0.2, -0.15) is 4.98 Å². The molecule has 0 saturated carbocycles. The molecule has 4 rings (SSSR count). The van der Waals surface area contributed by atoms with E-state index in [1.807, 2.05) is 0 Å². The zero-order chi connectivity index (χ0) is 33.4. The minimum atomic E-state index is -3.62. The fourth-order valence-electron chi connectivity index (χ4n) is 4.21. The Morgan fingerprint density at radius 3 is 2.33 bits per heavy atom. The Hall–Kier alpha value is -2.98. The number of halogens is 1. The first-order chi connectivity index (χ1) is 21.2. The van der Waals surface area contributed by atoms with E-state index < -0.39 is 56.3 Å². The van der Waals surface area contributed by atoms with Crippen LogP contribution in [0.4, 0.5) is 5.95 Å². The molecule has 0 spiro atoms.